The first kappa shape index (κ1) is 19.1. The van der Waals surface area contributed by atoms with Gasteiger partial charge in [0.1, 0.15) is 5.76 Å². The van der Waals surface area contributed by atoms with Crippen LogP contribution in [0.15, 0.2) is 46.3 Å². The first-order chi connectivity index (χ1) is 13.7. The lowest BCUT2D eigenvalue weighted by Crippen LogP contribution is -2.50. The summed E-state index contributed by atoms with van der Waals surface area (Å²) in [5, 5.41) is 11.2. The molecule has 0 aromatic carbocycles. The minimum Gasteiger partial charge on any atom is -0.507 e. The molecule has 2 bridgehead atoms. The van der Waals surface area contributed by atoms with E-state index in [-0.39, 0.29) is 34.2 Å². The molecule has 0 aromatic rings. The number of fused-ring (bicyclic) bond motifs is 5. The maximum Gasteiger partial charge on any atom is 0.232 e. The maximum absolute atomic E-state index is 13.1. The van der Waals surface area contributed by atoms with Crippen LogP contribution < -0.4 is 0 Å². The van der Waals surface area contributed by atoms with Crippen LogP contribution >= 0.6 is 0 Å². The Morgan fingerprint density at radius 1 is 1.07 bits per heavy atom. The highest BCUT2D eigenvalue weighted by atomic mass is 16.3. The Bertz CT molecular complexity index is 945. The third-order valence-corrected chi connectivity index (χ3v) is 9.53. The van der Waals surface area contributed by atoms with Crippen molar-refractivity contribution in [2.75, 3.05) is 0 Å². The average Bonchev–Trinajstić information content (AvgIpc) is 3.30. The van der Waals surface area contributed by atoms with Gasteiger partial charge in [0.2, 0.25) is 11.6 Å². The summed E-state index contributed by atoms with van der Waals surface area (Å²) in [7, 11) is 0. The van der Waals surface area contributed by atoms with Crippen LogP contribution in [0.25, 0.3) is 0 Å². The fraction of sp³-hybridized carbons (Fsp3) is 0.615. The third kappa shape index (κ3) is 2.36. The van der Waals surface area contributed by atoms with Crippen molar-refractivity contribution >= 4 is 11.6 Å². The Hall–Kier alpha value is -1.90. The quantitative estimate of drug-likeness (QED) is 0.376. The van der Waals surface area contributed by atoms with Gasteiger partial charge < -0.3 is 5.11 Å². The minimum atomic E-state index is -0.453. The van der Waals surface area contributed by atoms with Crippen LogP contribution in [0.3, 0.4) is 0 Å². The SMILES string of the molecule is CC1=CCC[C@H]2[C@](C)(CC3=C(O)C4=C(C(=O)C3=O)[C@@H]3C=C[C@H]4C3)[C@@H](C)CC[C@]12C. The van der Waals surface area contributed by atoms with Crippen molar-refractivity contribution in [1.29, 1.82) is 0 Å². The fourth-order valence-corrected chi connectivity index (χ4v) is 7.40. The first-order valence-electron chi connectivity index (χ1n) is 11.3. The van der Waals surface area contributed by atoms with Gasteiger partial charge in [-0.05, 0) is 68.1 Å². The second kappa shape index (κ2) is 6.06. The Kier molecular flexibility index (Phi) is 3.99. The van der Waals surface area contributed by atoms with Gasteiger partial charge in [0.15, 0.2) is 0 Å². The number of carbonyl (C=O) groups excluding carboxylic acids is 2. The lowest BCUT2D eigenvalue weighted by molar-refractivity contribution is -0.133. The van der Waals surface area contributed by atoms with Gasteiger partial charge in [0.05, 0.1) is 0 Å². The first-order valence-corrected chi connectivity index (χ1v) is 11.3. The van der Waals surface area contributed by atoms with Gasteiger partial charge >= 0.3 is 0 Å². The monoisotopic (exact) mass is 392 g/mol. The molecule has 5 aliphatic rings. The number of Topliss-reactive ketones (excluding diaryl/α,β-unsaturated/α-hetero) is 2. The van der Waals surface area contributed by atoms with E-state index in [1.165, 1.54) is 12.0 Å². The zero-order valence-corrected chi connectivity index (χ0v) is 18.0. The largest absolute Gasteiger partial charge is 0.507 e. The normalized spacial score (nSPS) is 43.7. The third-order valence-electron chi connectivity index (χ3n) is 9.53. The smallest absolute Gasteiger partial charge is 0.232 e. The molecule has 0 aromatic heterocycles. The topological polar surface area (TPSA) is 54.4 Å². The van der Waals surface area contributed by atoms with Gasteiger partial charge in [-0.15, -0.1) is 0 Å². The number of aliphatic hydroxyl groups excluding tert-OH is 1. The minimum absolute atomic E-state index is 0.0220. The molecular weight excluding hydrogens is 360 g/mol. The van der Waals surface area contributed by atoms with E-state index in [4.69, 9.17) is 0 Å². The molecule has 154 valence electrons. The molecule has 6 atom stereocenters. The molecule has 0 radical (unpaired) electrons. The summed E-state index contributed by atoms with van der Waals surface area (Å²) < 4.78 is 0. The summed E-state index contributed by atoms with van der Waals surface area (Å²) in [5.74, 6) is 0.347. The van der Waals surface area contributed by atoms with Gasteiger partial charge in [0.25, 0.3) is 0 Å². The van der Waals surface area contributed by atoms with Crippen molar-refractivity contribution in [1.82, 2.24) is 0 Å². The molecule has 0 spiro atoms. The van der Waals surface area contributed by atoms with E-state index in [1.807, 2.05) is 6.08 Å². The highest BCUT2D eigenvalue weighted by Gasteiger charge is 2.55. The number of rotatable bonds is 2. The van der Waals surface area contributed by atoms with Gasteiger partial charge in [0, 0.05) is 28.6 Å². The van der Waals surface area contributed by atoms with Gasteiger partial charge in [-0.25, -0.2) is 0 Å². The molecule has 0 heterocycles. The van der Waals surface area contributed by atoms with Crippen LogP contribution in [0.5, 0.6) is 0 Å². The summed E-state index contributed by atoms with van der Waals surface area (Å²) in [6, 6.07) is 0. The van der Waals surface area contributed by atoms with Gasteiger partial charge in [-0.1, -0.05) is 44.6 Å². The second-order valence-electron chi connectivity index (χ2n) is 10.7. The van der Waals surface area contributed by atoms with Crippen molar-refractivity contribution < 1.29 is 14.7 Å². The van der Waals surface area contributed by atoms with Crippen LogP contribution in [0.2, 0.25) is 0 Å². The number of ketones is 2. The molecule has 0 amide bonds. The number of hydrogen-bond donors (Lipinski definition) is 1. The van der Waals surface area contributed by atoms with Gasteiger partial charge in [-0.3, -0.25) is 9.59 Å². The van der Waals surface area contributed by atoms with E-state index in [0.29, 0.717) is 29.4 Å². The fourth-order valence-electron chi connectivity index (χ4n) is 7.40. The molecule has 5 rings (SSSR count). The molecule has 0 unspecified atom stereocenters. The zero-order valence-electron chi connectivity index (χ0n) is 18.0. The molecule has 3 nitrogen and oxygen atoms in total. The van der Waals surface area contributed by atoms with E-state index in [1.54, 1.807) is 0 Å². The molecule has 0 saturated heterocycles. The number of allylic oxidation sites excluding steroid dienone is 7. The number of carbonyl (C=O) groups is 2. The average molecular weight is 393 g/mol. The summed E-state index contributed by atoms with van der Waals surface area (Å²) in [5.41, 5.74) is 3.24. The summed E-state index contributed by atoms with van der Waals surface area (Å²) in [4.78, 5) is 26.1. The molecule has 0 aliphatic heterocycles. The Balaban J connectivity index is 1.57. The van der Waals surface area contributed by atoms with Crippen LogP contribution in [-0.4, -0.2) is 16.7 Å². The van der Waals surface area contributed by atoms with Crippen molar-refractivity contribution in [3.8, 4) is 0 Å². The molecule has 5 aliphatic carbocycles. The van der Waals surface area contributed by atoms with Gasteiger partial charge in [-0.2, -0.15) is 0 Å². The molecule has 1 saturated carbocycles. The molecule has 29 heavy (non-hydrogen) atoms. The summed E-state index contributed by atoms with van der Waals surface area (Å²) in [6.07, 6.45) is 12.3. The van der Waals surface area contributed by atoms with E-state index >= 15 is 0 Å². The van der Waals surface area contributed by atoms with E-state index < -0.39 is 5.78 Å². The molecular formula is C26H32O3. The Morgan fingerprint density at radius 3 is 2.48 bits per heavy atom. The van der Waals surface area contributed by atoms with Crippen LogP contribution in [0.1, 0.15) is 66.2 Å². The van der Waals surface area contributed by atoms with E-state index in [9.17, 15) is 14.7 Å². The lowest BCUT2D eigenvalue weighted by Gasteiger charge is -2.58. The summed E-state index contributed by atoms with van der Waals surface area (Å²) >= 11 is 0. The summed E-state index contributed by atoms with van der Waals surface area (Å²) in [6.45, 7) is 9.25. The van der Waals surface area contributed by atoms with Crippen molar-refractivity contribution in [3.63, 3.8) is 0 Å². The highest BCUT2D eigenvalue weighted by Crippen LogP contribution is 2.62. The standard InChI is InChI=1S/C26H32O3/c1-14-6-5-7-19-25(14,3)11-10-15(2)26(19,4)13-18-22(27)20-16-8-9-17(12-16)21(20)24(29)23(18)28/h6,8-9,15-17,19,27H,5,7,10-13H2,1-4H3/t15-,16-,17+,19+,25+,26+/m0/s1. The van der Waals surface area contributed by atoms with E-state index in [2.05, 4.69) is 39.8 Å². The molecule has 1 fully saturated rings. The van der Waals surface area contributed by atoms with Crippen molar-refractivity contribution in [2.24, 2.45) is 34.5 Å². The van der Waals surface area contributed by atoms with Crippen LogP contribution in [0, 0.1) is 34.5 Å². The van der Waals surface area contributed by atoms with E-state index in [0.717, 1.165) is 31.3 Å². The van der Waals surface area contributed by atoms with Crippen molar-refractivity contribution in [3.05, 3.63) is 46.3 Å². The lowest BCUT2D eigenvalue weighted by atomic mass is 9.46. The number of aliphatic hydroxyl groups is 1. The number of hydrogen-bond acceptors (Lipinski definition) is 3. The second-order valence-corrected chi connectivity index (χ2v) is 10.7. The molecule has 1 N–H and O–H groups in total. The predicted octanol–water partition coefficient (Wildman–Crippen LogP) is 5.64. The predicted molar refractivity (Wildman–Crippen MR) is 113 cm³/mol. The molecule has 3 heteroatoms. The Morgan fingerprint density at radius 2 is 1.76 bits per heavy atom. The Labute approximate surface area is 173 Å². The van der Waals surface area contributed by atoms with Crippen molar-refractivity contribution in [2.45, 2.75) is 66.2 Å². The maximum atomic E-state index is 13.1. The zero-order chi connectivity index (χ0) is 20.7. The highest BCUT2D eigenvalue weighted by molar-refractivity contribution is 6.50. The van der Waals surface area contributed by atoms with Crippen LogP contribution in [0.4, 0.5) is 0 Å². The van der Waals surface area contributed by atoms with Crippen LogP contribution in [-0.2, 0) is 9.59 Å².